The third kappa shape index (κ3) is 4.76. The number of carbonyl (C=O) groups excluding carboxylic acids is 1. The predicted octanol–water partition coefficient (Wildman–Crippen LogP) is 1.29. The molecular weight excluding hydrogens is 262 g/mol. The summed E-state index contributed by atoms with van der Waals surface area (Å²) in [6.07, 6.45) is 4.55. The number of carboxylic acid groups (broad SMARTS) is 1. The highest BCUT2D eigenvalue weighted by Crippen LogP contribution is 2.35. The third-order valence-corrected chi connectivity index (χ3v) is 4.01. The van der Waals surface area contributed by atoms with Crippen LogP contribution in [0.25, 0.3) is 0 Å². The summed E-state index contributed by atoms with van der Waals surface area (Å²) in [5, 5.41) is 9.12. The molecule has 0 radical (unpaired) electrons. The molecule has 6 heteroatoms. The SMILES string of the molecule is COCCOCC(=O)N(C)C1(CC(=O)O)CCCCC1. The second kappa shape index (κ2) is 8.21. The maximum atomic E-state index is 12.2. The average Bonchev–Trinajstić information content (AvgIpc) is 2.42. The van der Waals surface area contributed by atoms with Gasteiger partial charge in [-0.25, -0.2) is 0 Å². The van der Waals surface area contributed by atoms with E-state index >= 15 is 0 Å². The van der Waals surface area contributed by atoms with Gasteiger partial charge in [-0.05, 0) is 12.8 Å². The van der Waals surface area contributed by atoms with Gasteiger partial charge in [0, 0.05) is 14.2 Å². The van der Waals surface area contributed by atoms with Crippen LogP contribution in [0.1, 0.15) is 38.5 Å². The average molecular weight is 287 g/mol. The summed E-state index contributed by atoms with van der Waals surface area (Å²) in [4.78, 5) is 24.9. The second-order valence-corrected chi connectivity index (χ2v) is 5.35. The smallest absolute Gasteiger partial charge is 0.305 e. The standard InChI is InChI=1S/C14H25NO5/c1-15(12(16)11-20-9-8-19-2)14(10-13(17)18)6-4-3-5-7-14/h3-11H2,1-2H3,(H,17,18). The zero-order chi connectivity index (χ0) is 15.0. The van der Waals surface area contributed by atoms with Gasteiger partial charge in [0.25, 0.3) is 0 Å². The van der Waals surface area contributed by atoms with Crippen molar-refractivity contribution in [2.24, 2.45) is 0 Å². The van der Waals surface area contributed by atoms with E-state index < -0.39 is 11.5 Å². The van der Waals surface area contributed by atoms with Crippen LogP contribution in [-0.4, -0.2) is 61.4 Å². The Labute approximate surface area is 120 Å². The van der Waals surface area contributed by atoms with Crippen LogP contribution in [-0.2, 0) is 19.1 Å². The van der Waals surface area contributed by atoms with Crippen LogP contribution in [0.4, 0.5) is 0 Å². The molecule has 0 bridgehead atoms. The first-order valence-corrected chi connectivity index (χ1v) is 7.07. The molecule has 6 nitrogen and oxygen atoms in total. The largest absolute Gasteiger partial charge is 0.481 e. The molecule has 20 heavy (non-hydrogen) atoms. The number of carboxylic acids is 1. The lowest BCUT2D eigenvalue weighted by molar-refractivity contribution is -0.148. The van der Waals surface area contributed by atoms with Crippen LogP contribution < -0.4 is 0 Å². The fourth-order valence-electron chi connectivity index (χ4n) is 2.79. The number of amides is 1. The summed E-state index contributed by atoms with van der Waals surface area (Å²) in [5.41, 5.74) is -0.550. The second-order valence-electron chi connectivity index (χ2n) is 5.35. The molecular formula is C14H25NO5. The van der Waals surface area contributed by atoms with Crippen LogP contribution in [0.15, 0.2) is 0 Å². The van der Waals surface area contributed by atoms with Crippen molar-refractivity contribution in [2.75, 3.05) is 34.0 Å². The van der Waals surface area contributed by atoms with Crippen LogP contribution in [0.2, 0.25) is 0 Å². The normalized spacial score (nSPS) is 17.7. The third-order valence-electron chi connectivity index (χ3n) is 4.01. The number of rotatable bonds is 8. The zero-order valence-corrected chi connectivity index (χ0v) is 12.4. The van der Waals surface area contributed by atoms with E-state index in [1.165, 1.54) is 0 Å². The van der Waals surface area contributed by atoms with Crippen LogP contribution in [0.3, 0.4) is 0 Å². The Kier molecular flexibility index (Phi) is 6.95. The van der Waals surface area contributed by atoms with E-state index in [1.54, 1.807) is 19.1 Å². The Hall–Kier alpha value is -1.14. The van der Waals surface area contributed by atoms with E-state index in [4.69, 9.17) is 14.6 Å². The molecule has 0 aliphatic heterocycles. The summed E-state index contributed by atoms with van der Waals surface area (Å²) in [6.45, 7) is 0.778. The highest BCUT2D eigenvalue weighted by molar-refractivity contribution is 5.79. The maximum absolute atomic E-state index is 12.2. The maximum Gasteiger partial charge on any atom is 0.305 e. The number of ether oxygens (including phenoxy) is 2. The molecule has 0 atom stereocenters. The molecule has 1 aliphatic carbocycles. The van der Waals surface area contributed by atoms with Gasteiger partial charge < -0.3 is 19.5 Å². The molecule has 0 saturated heterocycles. The van der Waals surface area contributed by atoms with E-state index in [9.17, 15) is 9.59 Å². The summed E-state index contributed by atoms with van der Waals surface area (Å²) >= 11 is 0. The molecule has 1 fully saturated rings. The van der Waals surface area contributed by atoms with Gasteiger partial charge in [-0.1, -0.05) is 19.3 Å². The van der Waals surface area contributed by atoms with Crippen molar-refractivity contribution in [1.82, 2.24) is 4.90 Å². The molecule has 0 heterocycles. The number of methoxy groups -OCH3 is 1. The molecule has 0 aromatic carbocycles. The van der Waals surface area contributed by atoms with Crippen molar-refractivity contribution < 1.29 is 24.2 Å². The number of hydrogen-bond acceptors (Lipinski definition) is 4. The fraction of sp³-hybridized carbons (Fsp3) is 0.857. The minimum Gasteiger partial charge on any atom is -0.481 e. The van der Waals surface area contributed by atoms with E-state index in [1.807, 2.05) is 0 Å². The minimum atomic E-state index is -0.855. The van der Waals surface area contributed by atoms with Gasteiger partial charge in [-0.15, -0.1) is 0 Å². The van der Waals surface area contributed by atoms with Gasteiger partial charge in [0.05, 0.1) is 25.2 Å². The Bertz CT molecular complexity index is 326. The van der Waals surface area contributed by atoms with Gasteiger partial charge >= 0.3 is 5.97 Å². The van der Waals surface area contributed by atoms with Gasteiger partial charge in [-0.3, -0.25) is 9.59 Å². The molecule has 1 saturated carbocycles. The summed E-state index contributed by atoms with van der Waals surface area (Å²) < 4.78 is 10.1. The number of nitrogens with zero attached hydrogens (tertiary/aromatic N) is 1. The lowest BCUT2D eigenvalue weighted by Crippen LogP contribution is -2.53. The van der Waals surface area contributed by atoms with Crippen molar-refractivity contribution in [2.45, 2.75) is 44.1 Å². The number of hydrogen-bond donors (Lipinski definition) is 1. The van der Waals surface area contributed by atoms with E-state index in [0.717, 1.165) is 32.1 Å². The van der Waals surface area contributed by atoms with Gasteiger partial charge in [0.1, 0.15) is 6.61 Å². The van der Waals surface area contributed by atoms with Crippen LogP contribution in [0, 0.1) is 0 Å². The molecule has 116 valence electrons. The highest BCUT2D eigenvalue weighted by Gasteiger charge is 2.40. The van der Waals surface area contributed by atoms with Gasteiger partial charge in [0.2, 0.25) is 5.91 Å². The first-order valence-electron chi connectivity index (χ1n) is 7.07. The van der Waals surface area contributed by atoms with Crippen molar-refractivity contribution in [3.05, 3.63) is 0 Å². The Morgan fingerprint density at radius 2 is 1.85 bits per heavy atom. The van der Waals surface area contributed by atoms with E-state index in [0.29, 0.717) is 13.2 Å². The number of likely N-dealkylation sites (N-methyl/N-ethyl adjacent to an activating group) is 1. The summed E-state index contributed by atoms with van der Waals surface area (Å²) in [6, 6.07) is 0. The van der Waals surface area contributed by atoms with Crippen molar-refractivity contribution in [3.63, 3.8) is 0 Å². The molecule has 0 aromatic heterocycles. The van der Waals surface area contributed by atoms with Crippen LogP contribution >= 0.6 is 0 Å². The molecule has 1 rings (SSSR count). The number of aliphatic carboxylic acids is 1. The Morgan fingerprint density at radius 3 is 2.40 bits per heavy atom. The monoisotopic (exact) mass is 287 g/mol. The lowest BCUT2D eigenvalue weighted by Gasteiger charge is -2.43. The van der Waals surface area contributed by atoms with E-state index in [2.05, 4.69) is 0 Å². The van der Waals surface area contributed by atoms with Crippen LogP contribution in [0.5, 0.6) is 0 Å². The fourth-order valence-corrected chi connectivity index (χ4v) is 2.79. The molecule has 0 unspecified atom stereocenters. The van der Waals surface area contributed by atoms with Gasteiger partial charge in [-0.2, -0.15) is 0 Å². The first kappa shape index (κ1) is 16.9. The first-order chi connectivity index (χ1) is 9.52. The molecule has 1 amide bonds. The Morgan fingerprint density at radius 1 is 1.20 bits per heavy atom. The highest BCUT2D eigenvalue weighted by atomic mass is 16.5. The van der Waals surface area contributed by atoms with Gasteiger partial charge in [0.15, 0.2) is 0 Å². The lowest BCUT2D eigenvalue weighted by atomic mass is 9.78. The predicted molar refractivity (Wildman–Crippen MR) is 73.5 cm³/mol. The quantitative estimate of drug-likeness (QED) is 0.681. The molecule has 0 aromatic rings. The molecule has 0 spiro atoms. The van der Waals surface area contributed by atoms with Crippen molar-refractivity contribution >= 4 is 11.9 Å². The number of carbonyl (C=O) groups is 2. The molecule has 1 N–H and O–H groups in total. The minimum absolute atomic E-state index is 0.00725. The van der Waals surface area contributed by atoms with E-state index in [-0.39, 0.29) is 18.9 Å². The molecule has 1 aliphatic rings. The summed E-state index contributed by atoms with van der Waals surface area (Å²) in [7, 11) is 3.26. The Balaban J connectivity index is 2.60. The topological polar surface area (TPSA) is 76.1 Å². The van der Waals surface area contributed by atoms with Crippen molar-refractivity contribution in [1.29, 1.82) is 0 Å². The zero-order valence-electron chi connectivity index (χ0n) is 12.4. The summed E-state index contributed by atoms with van der Waals surface area (Å²) in [5.74, 6) is -1.02. The van der Waals surface area contributed by atoms with Crippen molar-refractivity contribution in [3.8, 4) is 0 Å².